The summed E-state index contributed by atoms with van der Waals surface area (Å²) in [5, 5.41) is 22.5. The zero-order valence-electron chi connectivity index (χ0n) is 12.5. The largest absolute Gasteiger partial charge is 0.369 e. The fourth-order valence-corrected chi connectivity index (χ4v) is 3.40. The standard InChI is InChI=1S/C13H8Cl2F5N5S/c14-10-5-9(26(16,17,18,19)20)6-11(15)13(10)25-12(23-3-1-2-21)4-8(7-22)24-25/h4-6,23H,1,3H2. The van der Waals surface area contributed by atoms with E-state index in [0.29, 0.717) is 0 Å². The minimum atomic E-state index is -9.98. The molecule has 5 nitrogen and oxygen atoms in total. The molecule has 1 N–H and O–H groups in total. The van der Waals surface area contributed by atoms with Crippen molar-refractivity contribution < 1.29 is 19.4 Å². The van der Waals surface area contributed by atoms with Crippen LogP contribution >= 0.6 is 33.4 Å². The van der Waals surface area contributed by atoms with E-state index in [0.717, 1.165) is 4.68 Å². The summed E-state index contributed by atoms with van der Waals surface area (Å²) in [6.07, 6.45) is 0.0810. The summed E-state index contributed by atoms with van der Waals surface area (Å²) in [5.74, 6) is 0.0979. The maximum Gasteiger partial charge on any atom is 0.310 e. The van der Waals surface area contributed by atoms with Crippen LogP contribution in [0.15, 0.2) is 23.1 Å². The Labute approximate surface area is 154 Å². The maximum absolute atomic E-state index is 13.0. The summed E-state index contributed by atoms with van der Waals surface area (Å²) in [5.41, 5.74) is -0.451. The molecule has 0 saturated heterocycles. The second-order valence-corrected chi connectivity index (χ2v) is 8.20. The smallest absolute Gasteiger partial charge is 0.310 e. The van der Waals surface area contributed by atoms with E-state index in [9.17, 15) is 19.4 Å². The van der Waals surface area contributed by atoms with Crippen molar-refractivity contribution in [2.24, 2.45) is 0 Å². The molecule has 0 aliphatic rings. The Kier molecular flexibility index (Phi) is 4.57. The summed E-state index contributed by atoms with van der Waals surface area (Å²) in [4.78, 5) is -2.24. The van der Waals surface area contributed by atoms with Gasteiger partial charge < -0.3 is 5.32 Å². The molecule has 0 radical (unpaired) electrons. The number of benzene rings is 1. The predicted molar refractivity (Wildman–Crippen MR) is 88.4 cm³/mol. The third kappa shape index (κ3) is 4.30. The first-order chi connectivity index (χ1) is 11.8. The molecule has 2 rings (SSSR count). The van der Waals surface area contributed by atoms with Crippen molar-refractivity contribution in [3.05, 3.63) is 33.9 Å². The van der Waals surface area contributed by atoms with Gasteiger partial charge in [-0.25, -0.2) is 4.68 Å². The molecule has 2 aromatic rings. The van der Waals surface area contributed by atoms with Crippen LogP contribution in [0.2, 0.25) is 10.0 Å². The van der Waals surface area contributed by atoms with Crippen LogP contribution in [0, 0.1) is 22.7 Å². The molecule has 0 aliphatic heterocycles. The molecular weight excluding hydrogens is 424 g/mol. The highest BCUT2D eigenvalue weighted by Gasteiger charge is 2.65. The number of nitrogens with zero attached hydrogens (tertiary/aromatic N) is 4. The van der Waals surface area contributed by atoms with Crippen molar-refractivity contribution in [3.8, 4) is 17.8 Å². The molecule has 0 saturated carbocycles. The molecule has 140 valence electrons. The lowest BCUT2D eigenvalue weighted by atomic mass is 10.3. The van der Waals surface area contributed by atoms with E-state index in [-0.39, 0.29) is 42.3 Å². The van der Waals surface area contributed by atoms with E-state index >= 15 is 0 Å². The first-order valence-electron chi connectivity index (χ1n) is 6.61. The Morgan fingerprint density at radius 3 is 2.12 bits per heavy atom. The van der Waals surface area contributed by atoms with Crippen LogP contribution in [-0.2, 0) is 0 Å². The van der Waals surface area contributed by atoms with Gasteiger partial charge in [-0.2, -0.15) is 15.6 Å². The molecular formula is C13H8Cl2F5N5S. The van der Waals surface area contributed by atoms with Crippen LogP contribution < -0.4 is 5.32 Å². The lowest BCUT2D eigenvalue weighted by Gasteiger charge is -2.40. The lowest BCUT2D eigenvalue weighted by Crippen LogP contribution is -2.10. The summed E-state index contributed by atoms with van der Waals surface area (Å²) >= 11 is 11.5. The van der Waals surface area contributed by atoms with Gasteiger partial charge in [0.2, 0.25) is 0 Å². The van der Waals surface area contributed by atoms with Gasteiger partial charge in [-0.15, -0.1) is 0 Å². The van der Waals surface area contributed by atoms with Crippen molar-refractivity contribution in [3.63, 3.8) is 0 Å². The number of hydrogen-bond donors (Lipinski definition) is 1. The molecule has 0 bridgehead atoms. The molecule has 0 spiro atoms. The highest BCUT2D eigenvalue weighted by atomic mass is 35.5. The Morgan fingerprint density at radius 2 is 1.65 bits per heavy atom. The van der Waals surface area contributed by atoms with E-state index in [1.807, 2.05) is 6.07 Å². The second kappa shape index (κ2) is 5.91. The van der Waals surface area contributed by atoms with E-state index in [1.54, 1.807) is 6.07 Å². The van der Waals surface area contributed by atoms with Gasteiger partial charge in [-0.3, -0.25) is 0 Å². The predicted octanol–water partition coefficient (Wildman–Crippen LogP) is 6.03. The van der Waals surface area contributed by atoms with Gasteiger partial charge in [-0.1, -0.05) is 42.6 Å². The van der Waals surface area contributed by atoms with Gasteiger partial charge in [0, 0.05) is 12.6 Å². The lowest BCUT2D eigenvalue weighted by molar-refractivity contribution is 0.364. The zero-order chi connectivity index (χ0) is 19.8. The Balaban J connectivity index is 2.63. The van der Waals surface area contributed by atoms with Gasteiger partial charge in [0.05, 0.1) is 22.5 Å². The van der Waals surface area contributed by atoms with Crippen LogP contribution in [0.1, 0.15) is 12.1 Å². The average Bonchev–Trinajstić information content (AvgIpc) is 2.87. The average molecular weight is 432 g/mol. The monoisotopic (exact) mass is 431 g/mol. The zero-order valence-corrected chi connectivity index (χ0v) is 14.8. The third-order valence-corrected chi connectivity index (χ3v) is 4.72. The molecule has 0 aliphatic carbocycles. The van der Waals surface area contributed by atoms with Crippen LogP contribution in [0.5, 0.6) is 0 Å². The van der Waals surface area contributed by atoms with Gasteiger partial charge in [0.1, 0.15) is 22.5 Å². The first-order valence-corrected chi connectivity index (χ1v) is 9.32. The highest BCUT2D eigenvalue weighted by molar-refractivity contribution is 8.45. The van der Waals surface area contributed by atoms with Gasteiger partial charge in [0.25, 0.3) is 0 Å². The molecule has 1 aromatic carbocycles. The van der Waals surface area contributed by atoms with Gasteiger partial charge in [0.15, 0.2) is 5.69 Å². The second-order valence-electron chi connectivity index (χ2n) is 4.98. The van der Waals surface area contributed by atoms with Crippen molar-refractivity contribution in [2.45, 2.75) is 11.3 Å². The van der Waals surface area contributed by atoms with Crippen molar-refractivity contribution in [2.75, 3.05) is 11.9 Å². The number of nitriles is 2. The van der Waals surface area contributed by atoms with Crippen LogP contribution in [0.3, 0.4) is 0 Å². The van der Waals surface area contributed by atoms with Crippen LogP contribution in [0.4, 0.5) is 25.2 Å². The number of aromatic nitrogens is 2. The minimum Gasteiger partial charge on any atom is -0.369 e. The topological polar surface area (TPSA) is 77.4 Å². The molecule has 0 unspecified atom stereocenters. The number of rotatable bonds is 5. The summed E-state index contributed by atoms with van der Waals surface area (Å²) in [7, 11) is -9.98. The number of halogens is 7. The number of hydrogen-bond acceptors (Lipinski definition) is 4. The van der Waals surface area contributed by atoms with Crippen LogP contribution in [0.25, 0.3) is 5.69 Å². The molecule has 1 heterocycles. The Bertz CT molecular complexity index is 936. The fraction of sp³-hybridized carbons (Fsp3) is 0.154. The quantitative estimate of drug-likeness (QED) is 0.462. The number of anilines is 1. The molecule has 26 heavy (non-hydrogen) atoms. The first kappa shape index (κ1) is 20.1. The Hall–Kier alpha value is -2.21. The van der Waals surface area contributed by atoms with Gasteiger partial charge in [-0.05, 0) is 12.1 Å². The van der Waals surface area contributed by atoms with Crippen molar-refractivity contribution in [1.82, 2.24) is 9.78 Å². The molecule has 0 fully saturated rings. The molecule has 0 atom stereocenters. The molecule has 0 amide bonds. The fourth-order valence-electron chi connectivity index (χ4n) is 1.95. The summed E-state index contributed by atoms with van der Waals surface area (Å²) < 4.78 is 65.7. The SMILES string of the molecule is N#CCCNc1cc(C#N)nn1-c1c(Cl)cc(S(F)(F)(F)(F)F)cc1Cl. The van der Waals surface area contributed by atoms with Crippen LogP contribution in [-0.4, -0.2) is 16.3 Å². The normalized spacial score (nSPS) is 14.0. The van der Waals surface area contributed by atoms with Crippen molar-refractivity contribution >= 4 is 39.2 Å². The maximum atomic E-state index is 13.0. The summed E-state index contributed by atoms with van der Waals surface area (Å²) in [6.45, 7) is 0.131. The van der Waals surface area contributed by atoms with E-state index < -0.39 is 25.2 Å². The van der Waals surface area contributed by atoms with Gasteiger partial charge >= 0.3 is 10.2 Å². The number of nitrogens with one attached hydrogen (secondary N) is 1. The highest BCUT2D eigenvalue weighted by Crippen LogP contribution is 3.02. The summed E-state index contributed by atoms with van der Waals surface area (Å²) in [6, 6.07) is 4.92. The van der Waals surface area contributed by atoms with E-state index in [4.69, 9.17) is 33.7 Å². The Morgan fingerprint density at radius 1 is 1.08 bits per heavy atom. The molecule has 13 heteroatoms. The van der Waals surface area contributed by atoms with E-state index in [1.165, 1.54) is 6.07 Å². The van der Waals surface area contributed by atoms with E-state index in [2.05, 4.69) is 10.4 Å². The molecule has 1 aromatic heterocycles. The third-order valence-electron chi connectivity index (χ3n) is 3.01. The minimum absolute atomic E-state index is 0.0527. The van der Waals surface area contributed by atoms with Crippen molar-refractivity contribution in [1.29, 1.82) is 10.5 Å².